The van der Waals surface area contributed by atoms with E-state index in [0.717, 1.165) is 0 Å². The van der Waals surface area contributed by atoms with E-state index in [0.29, 0.717) is 0 Å². The Bertz CT molecular complexity index is 63.7. The molecular weight excluding hydrogens is 196 g/mol. The van der Waals surface area contributed by atoms with Crippen molar-refractivity contribution in [3.63, 3.8) is 0 Å². The van der Waals surface area contributed by atoms with E-state index in [-0.39, 0.29) is 34.9 Å². The summed E-state index contributed by atoms with van der Waals surface area (Å²) in [5.41, 5.74) is 0. The van der Waals surface area contributed by atoms with Gasteiger partial charge in [-0.2, -0.15) is 0 Å². The molecule has 0 aliphatic carbocycles. The highest BCUT2D eigenvalue weighted by Gasteiger charge is 1.73. The zero-order valence-corrected chi connectivity index (χ0v) is 9.36. The van der Waals surface area contributed by atoms with Crippen LogP contribution in [0.4, 0.5) is 0 Å². The largest absolute Gasteiger partial charge is 0.397 e. The van der Waals surface area contributed by atoms with Gasteiger partial charge in [0.1, 0.15) is 0 Å². The van der Waals surface area contributed by atoms with Gasteiger partial charge in [0.2, 0.25) is 0 Å². The van der Waals surface area contributed by atoms with Gasteiger partial charge in [0.05, 0.1) is 13.5 Å². The molecule has 3 N–H and O–H groups in total. The first kappa shape index (κ1) is 29.3. The average molecular weight is 228 g/mol. The van der Waals surface area contributed by atoms with Gasteiger partial charge in [-0.05, 0) is 35.1 Å². The van der Waals surface area contributed by atoms with E-state index in [1.807, 2.05) is 0 Å². The fourth-order valence-electron chi connectivity index (χ4n) is 0. The summed E-state index contributed by atoms with van der Waals surface area (Å²) < 4.78 is 0. The maximum absolute atomic E-state index is 8.07. The normalized spacial score (nSPS) is 7.60. The van der Waals surface area contributed by atoms with Crippen LogP contribution in [0.5, 0.6) is 0 Å². The summed E-state index contributed by atoms with van der Waals surface area (Å²) >= 11 is 0. The maximum atomic E-state index is 8.07. The summed E-state index contributed by atoms with van der Waals surface area (Å²) in [6.07, 6.45) is 0. The maximum Gasteiger partial charge on any atom is 0.0951 e. The lowest BCUT2D eigenvalue weighted by atomic mass is 10.9. The Balaban J connectivity index is -0.0000000322. The molecule has 0 saturated carbocycles. The summed E-state index contributed by atoms with van der Waals surface area (Å²) in [4.78, 5) is 3.36. The Morgan fingerprint density at radius 2 is 0.800 bits per heavy atom. The molecule has 100 valence electrons. The minimum atomic E-state index is 0. The van der Waals surface area contributed by atoms with Crippen molar-refractivity contribution in [2.24, 2.45) is 0 Å². The average Bonchev–Trinajstić information content (AvgIpc) is 2.07. The predicted octanol–water partition coefficient (Wildman–Crippen LogP) is 0.266. The zero-order chi connectivity index (χ0) is 11.3. The minimum Gasteiger partial charge on any atom is -0.397 e. The predicted molar refractivity (Wildman–Crippen MR) is 67.8 cm³/mol. The van der Waals surface area contributed by atoms with Crippen LogP contribution in [0.2, 0.25) is 0 Å². The van der Waals surface area contributed by atoms with E-state index >= 15 is 0 Å². The van der Waals surface area contributed by atoms with Crippen LogP contribution >= 0.6 is 0 Å². The summed E-state index contributed by atoms with van der Waals surface area (Å²) in [6.45, 7) is 2.21. The second-order valence-corrected chi connectivity index (χ2v) is 2.76. The molecule has 0 bridgehead atoms. The third kappa shape index (κ3) is 133. The van der Waals surface area contributed by atoms with Gasteiger partial charge in [-0.1, -0.05) is 14.9 Å². The molecule has 0 aromatic rings. The van der Waals surface area contributed by atoms with Crippen LogP contribution in [0.1, 0.15) is 21.8 Å². The van der Waals surface area contributed by atoms with E-state index in [9.17, 15) is 0 Å². The smallest absolute Gasteiger partial charge is 0.0951 e. The molecule has 0 unspecified atom stereocenters. The molecule has 0 aromatic heterocycles. The Kier molecular flexibility index (Phi) is 57.1. The third-order valence-electron chi connectivity index (χ3n) is 0.566. The molecule has 0 spiro atoms. The number of hydrogen-bond donors (Lipinski definition) is 3. The lowest BCUT2D eigenvalue weighted by Gasteiger charge is -1.99. The molecule has 0 fully saturated rings. The first-order chi connectivity index (χ1) is 5.95. The highest BCUT2D eigenvalue weighted by Crippen LogP contribution is 1.60. The number of rotatable bonds is 2. The third-order valence-corrected chi connectivity index (χ3v) is 0.566. The van der Waals surface area contributed by atoms with Gasteiger partial charge in [0.25, 0.3) is 0 Å². The van der Waals surface area contributed by atoms with Gasteiger partial charge in [-0.25, -0.2) is 0 Å². The molecule has 0 amide bonds. The fourth-order valence-corrected chi connectivity index (χ4v) is 0. The second kappa shape index (κ2) is 29.2. The lowest BCUT2D eigenvalue weighted by molar-refractivity contribution is 0.157. The molecule has 5 heteroatoms. The highest BCUT2D eigenvalue weighted by molar-refractivity contribution is 4.17. The first-order valence-electron chi connectivity index (χ1n) is 4.08. The first-order valence-corrected chi connectivity index (χ1v) is 4.08. The topological polar surface area (TPSA) is 67.2 Å². The lowest BCUT2D eigenvalue weighted by Crippen LogP contribution is -2.11. The standard InChI is InChI=1S/2C3H9NO.C2H6O.2CH4/c2*1-4(2)3-5;1-2-3;;/h2*5H,3H2,1-2H3;3H,2H2,1H3;2*1H4. The van der Waals surface area contributed by atoms with Crippen molar-refractivity contribution in [1.29, 1.82) is 0 Å². The molecule has 0 aliphatic rings. The highest BCUT2D eigenvalue weighted by atomic mass is 16.3. The van der Waals surface area contributed by atoms with Crippen molar-refractivity contribution >= 4 is 0 Å². The second-order valence-electron chi connectivity index (χ2n) is 2.76. The van der Waals surface area contributed by atoms with Gasteiger partial charge in [-0.15, -0.1) is 0 Å². The molecule has 15 heavy (non-hydrogen) atoms. The Morgan fingerprint density at radius 3 is 0.800 bits per heavy atom. The number of nitrogens with zero attached hydrogens (tertiary/aromatic N) is 2. The molecule has 0 aliphatic heterocycles. The molecule has 0 radical (unpaired) electrons. The van der Waals surface area contributed by atoms with Crippen LogP contribution < -0.4 is 0 Å². The number of aliphatic hydroxyl groups excluding tert-OH is 3. The van der Waals surface area contributed by atoms with Crippen LogP contribution in [0.3, 0.4) is 0 Å². The summed E-state index contributed by atoms with van der Waals surface area (Å²) in [6, 6.07) is 0. The van der Waals surface area contributed by atoms with Crippen molar-refractivity contribution < 1.29 is 15.3 Å². The SMILES string of the molecule is C.C.CCO.CN(C)CO.CN(C)CO. The van der Waals surface area contributed by atoms with Crippen molar-refractivity contribution in [3.05, 3.63) is 0 Å². The number of aliphatic hydroxyl groups is 3. The molecule has 0 atom stereocenters. The summed E-state index contributed by atoms with van der Waals surface area (Å²) in [5, 5.41) is 23.7. The number of hydrogen-bond acceptors (Lipinski definition) is 5. The molecule has 5 nitrogen and oxygen atoms in total. The van der Waals surface area contributed by atoms with Crippen molar-refractivity contribution in [3.8, 4) is 0 Å². The van der Waals surface area contributed by atoms with Gasteiger partial charge < -0.3 is 15.3 Å². The Morgan fingerprint density at radius 1 is 0.733 bits per heavy atom. The van der Waals surface area contributed by atoms with Crippen molar-refractivity contribution in [1.82, 2.24) is 9.80 Å². The molecular formula is C10H32N2O3. The van der Waals surface area contributed by atoms with Crippen LogP contribution in [-0.4, -0.2) is 73.4 Å². The van der Waals surface area contributed by atoms with E-state index in [1.54, 1.807) is 44.9 Å². The van der Waals surface area contributed by atoms with E-state index < -0.39 is 0 Å². The van der Waals surface area contributed by atoms with Crippen LogP contribution in [0, 0.1) is 0 Å². The van der Waals surface area contributed by atoms with Crippen molar-refractivity contribution in [2.75, 3.05) is 48.3 Å². The van der Waals surface area contributed by atoms with Gasteiger partial charge in [0, 0.05) is 6.61 Å². The van der Waals surface area contributed by atoms with Crippen LogP contribution in [0.25, 0.3) is 0 Å². The summed E-state index contributed by atoms with van der Waals surface area (Å²) in [5.74, 6) is 0. The fraction of sp³-hybridized carbons (Fsp3) is 1.00. The van der Waals surface area contributed by atoms with Gasteiger partial charge in [0.15, 0.2) is 0 Å². The van der Waals surface area contributed by atoms with E-state index in [2.05, 4.69) is 0 Å². The molecule has 0 saturated heterocycles. The Hall–Kier alpha value is -0.200. The molecule has 0 rings (SSSR count). The van der Waals surface area contributed by atoms with Crippen LogP contribution in [-0.2, 0) is 0 Å². The van der Waals surface area contributed by atoms with Gasteiger partial charge >= 0.3 is 0 Å². The van der Waals surface area contributed by atoms with Crippen molar-refractivity contribution in [2.45, 2.75) is 21.8 Å². The van der Waals surface area contributed by atoms with Gasteiger partial charge in [-0.3, -0.25) is 9.80 Å². The molecule has 0 heterocycles. The molecule has 0 aromatic carbocycles. The summed E-state index contributed by atoms with van der Waals surface area (Å²) in [7, 11) is 7.22. The quantitative estimate of drug-likeness (QED) is 0.592. The minimum absolute atomic E-state index is 0. The Labute approximate surface area is 95.9 Å². The van der Waals surface area contributed by atoms with E-state index in [1.165, 1.54) is 0 Å². The van der Waals surface area contributed by atoms with E-state index in [4.69, 9.17) is 15.3 Å². The monoisotopic (exact) mass is 228 g/mol. The van der Waals surface area contributed by atoms with Crippen LogP contribution in [0.15, 0.2) is 0 Å². The zero-order valence-electron chi connectivity index (χ0n) is 9.36.